The minimum Gasteiger partial charge on any atom is -0.368 e. The second-order valence-electron chi connectivity index (χ2n) is 5.01. The lowest BCUT2D eigenvalue weighted by Crippen LogP contribution is -2.24. The van der Waals surface area contributed by atoms with Crippen LogP contribution in [0.25, 0.3) is 0 Å². The molecule has 0 radical (unpaired) electrons. The second-order valence-corrected chi connectivity index (χ2v) is 5.79. The van der Waals surface area contributed by atoms with E-state index in [-0.39, 0.29) is 16.3 Å². The Bertz CT molecular complexity index is 433. The van der Waals surface area contributed by atoms with E-state index in [9.17, 15) is 13.2 Å². The van der Waals surface area contributed by atoms with Crippen LogP contribution in [0.4, 0.5) is 19.0 Å². The maximum absolute atomic E-state index is 12.4. The number of hydrogen-bond acceptors (Lipinski definition) is 2. The summed E-state index contributed by atoms with van der Waals surface area (Å²) in [6.07, 6.45) is -2.89. The van der Waals surface area contributed by atoms with Crippen LogP contribution in [0.3, 0.4) is 0 Å². The molecule has 0 saturated heterocycles. The molecule has 0 aliphatic carbocycles. The number of rotatable bonds is 5. The van der Waals surface area contributed by atoms with Crippen molar-refractivity contribution < 1.29 is 13.2 Å². The van der Waals surface area contributed by atoms with Gasteiger partial charge >= 0.3 is 6.18 Å². The topological polar surface area (TPSA) is 24.9 Å². The molecule has 7 heteroatoms. The van der Waals surface area contributed by atoms with Gasteiger partial charge in [-0.1, -0.05) is 25.4 Å². The molecule has 1 aromatic heterocycles. The van der Waals surface area contributed by atoms with Crippen molar-refractivity contribution in [2.45, 2.75) is 26.4 Å². The monoisotopic (exact) mass is 314 g/mol. The van der Waals surface area contributed by atoms with Crippen LogP contribution in [0.2, 0.25) is 5.02 Å². The Hall–Kier alpha value is -0.680. The van der Waals surface area contributed by atoms with Gasteiger partial charge in [-0.15, -0.1) is 11.6 Å². The molecule has 0 aliphatic heterocycles. The minimum atomic E-state index is -4.44. The summed E-state index contributed by atoms with van der Waals surface area (Å²) in [4.78, 5) is 3.71. The summed E-state index contributed by atoms with van der Waals surface area (Å²) in [5, 5.41) is 2.90. The molecule has 0 saturated carbocycles. The third-order valence-corrected chi connectivity index (χ3v) is 3.15. The fraction of sp³-hybridized carbons (Fsp3) is 0.583. The van der Waals surface area contributed by atoms with E-state index in [2.05, 4.69) is 10.3 Å². The standard InChI is InChI=1S/C12H15Cl2F3N2/c1-11(2,3-4-13)7-19-10-9(14)5-8(6-18-10)12(15,16)17/h5-6H,3-4,7H2,1-2H3,(H,18,19). The van der Waals surface area contributed by atoms with Crippen LogP contribution in [-0.4, -0.2) is 17.4 Å². The first-order valence-electron chi connectivity index (χ1n) is 5.68. The van der Waals surface area contributed by atoms with Crippen molar-refractivity contribution in [3.63, 3.8) is 0 Å². The molecule has 1 N–H and O–H groups in total. The number of aromatic nitrogens is 1. The van der Waals surface area contributed by atoms with Crippen LogP contribution in [0.15, 0.2) is 12.3 Å². The Morgan fingerprint density at radius 3 is 2.42 bits per heavy atom. The summed E-state index contributed by atoms with van der Waals surface area (Å²) in [6, 6.07) is 0.867. The highest BCUT2D eigenvalue weighted by molar-refractivity contribution is 6.32. The van der Waals surface area contributed by atoms with E-state index in [1.54, 1.807) is 0 Å². The molecule has 19 heavy (non-hydrogen) atoms. The molecular formula is C12H15Cl2F3N2. The average Bonchev–Trinajstić information content (AvgIpc) is 2.26. The summed E-state index contributed by atoms with van der Waals surface area (Å²) in [5.41, 5.74) is -0.946. The van der Waals surface area contributed by atoms with Gasteiger partial charge in [0.15, 0.2) is 0 Å². The molecule has 1 heterocycles. The fourth-order valence-corrected chi connectivity index (χ4v) is 2.13. The molecule has 0 aliphatic rings. The van der Waals surface area contributed by atoms with Gasteiger partial charge in [-0.2, -0.15) is 13.2 Å². The normalized spacial score (nSPS) is 12.6. The minimum absolute atomic E-state index is 0.0449. The van der Waals surface area contributed by atoms with Crippen molar-refractivity contribution in [1.82, 2.24) is 4.98 Å². The van der Waals surface area contributed by atoms with Gasteiger partial charge < -0.3 is 5.32 Å². The Kier molecular flexibility index (Phi) is 5.33. The third-order valence-electron chi connectivity index (χ3n) is 2.67. The van der Waals surface area contributed by atoms with Crippen LogP contribution in [0.5, 0.6) is 0 Å². The van der Waals surface area contributed by atoms with E-state index in [1.165, 1.54) is 0 Å². The van der Waals surface area contributed by atoms with Gasteiger partial charge in [0, 0.05) is 18.6 Å². The number of nitrogens with one attached hydrogen (secondary N) is 1. The molecule has 0 unspecified atom stereocenters. The van der Waals surface area contributed by atoms with E-state index in [0.717, 1.165) is 18.7 Å². The SMILES string of the molecule is CC(C)(CCCl)CNc1ncc(C(F)(F)F)cc1Cl. The van der Waals surface area contributed by atoms with Crippen molar-refractivity contribution in [1.29, 1.82) is 0 Å². The average molecular weight is 315 g/mol. The van der Waals surface area contributed by atoms with E-state index >= 15 is 0 Å². The van der Waals surface area contributed by atoms with Crippen LogP contribution >= 0.6 is 23.2 Å². The number of nitrogens with zero attached hydrogens (tertiary/aromatic N) is 1. The van der Waals surface area contributed by atoms with Gasteiger partial charge in [0.2, 0.25) is 0 Å². The number of halogens is 5. The summed E-state index contributed by atoms with van der Waals surface area (Å²) in [7, 11) is 0. The van der Waals surface area contributed by atoms with Crippen LogP contribution in [0.1, 0.15) is 25.8 Å². The molecule has 1 rings (SSSR count). The number of hydrogen-bond donors (Lipinski definition) is 1. The van der Waals surface area contributed by atoms with E-state index in [4.69, 9.17) is 23.2 Å². The van der Waals surface area contributed by atoms with Crippen LogP contribution in [-0.2, 0) is 6.18 Å². The molecular weight excluding hydrogens is 300 g/mol. The molecule has 0 atom stereocenters. The number of alkyl halides is 4. The lowest BCUT2D eigenvalue weighted by atomic mass is 9.90. The summed E-state index contributed by atoms with van der Waals surface area (Å²) in [5.74, 6) is 0.764. The van der Waals surface area contributed by atoms with Gasteiger partial charge in [-0.3, -0.25) is 0 Å². The van der Waals surface area contributed by atoms with Gasteiger partial charge in [0.1, 0.15) is 5.82 Å². The van der Waals surface area contributed by atoms with Crippen molar-refractivity contribution >= 4 is 29.0 Å². The number of anilines is 1. The molecule has 2 nitrogen and oxygen atoms in total. The van der Waals surface area contributed by atoms with Crippen molar-refractivity contribution in [3.05, 3.63) is 22.8 Å². The highest BCUT2D eigenvalue weighted by Gasteiger charge is 2.31. The summed E-state index contributed by atoms with van der Waals surface area (Å²) in [6.45, 7) is 4.53. The third kappa shape index (κ3) is 5.07. The van der Waals surface area contributed by atoms with Crippen LogP contribution < -0.4 is 5.32 Å². The predicted octanol–water partition coefficient (Wildman–Crippen LogP) is 4.82. The van der Waals surface area contributed by atoms with Crippen molar-refractivity contribution in [2.75, 3.05) is 17.7 Å². The molecule has 1 aromatic rings. The highest BCUT2D eigenvalue weighted by atomic mass is 35.5. The number of pyridine rings is 1. The molecule has 0 amide bonds. The molecule has 0 fully saturated rings. The quantitative estimate of drug-likeness (QED) is 0.788. The van der Waals surface area contributed by atoms with Gasteiger partial charge in [0.25, 0.3) is 0 Å². The Morgan fingerprint density at radius 1 is 1.32 bits per heavy atom. The Labute approximate surface area is 120 Å². The molecule has 0 aromatic carbocycles. The first-order valence-corrected chi connectivity index (χ1v) is 6.59. The zero-order valence-electron chi connectivity index (χ0n) is 10.6. The van der Waals surface area contributed by atoms with Crippen molar-refractivity contribution in [3.8, 4) is 0 Å². The highest BCUT2D eigenvalue weighted by Crippen LogP contribution is 2.32. The molecule has 108 valence electrons. The summed E-state index contributed by atoms with van der Waals surface area (Å²) >= 11 is 11.5. The predicted molar refractivity (Wildman–Crippen MR) is 71.9 cm³/mol. The van der Waals surface area contributed by atoms with Crippen LogP contribution in [0, 0.1) is 5.41 Å². The zero-order valence-corrected chi connectivity index (χ0v) is 12.1. The second kappa shape index (κ2) is 6.18. The largest absolute Gasteiger partial charge is 0.417 e. The van der Waals surface area contributed by atoms with Crippen molar-refractivity contribution in [2.24, 2.45) is 5.41 Å². The van der Waals surface area contributed by atoms with Gasteiger partial charge in [-0.25, -0.2) is 4.98 Å². The van der Waals surface area contributed by atoms with E-state index in [1.807, 2.05) is 13.8 Å². The molecule has 0 spiro atoms. The lowest BCUT2D eigenvalue weighted by Gasteiger charge is -2.24. The lowest BCUT2D eigenvalue weighted by molar-refractivity contribution is -0.137. The Balaban J connectivity index is 2.76. The fourth-order valence-electron chi connectivity index (χ4n) is 1.39. The zero-order chi connectivity index (χ0) is 14.7. The first-order chi connectivity index (χ1) is 8.65. The molecule has 0 bridgehead atoms. The smallest absolute Gasteiger partial charge is 0.368 e. The van der Waals surface area contributed by atoms with Gasteiger partial charge in [0.05, 0.1) is 10.6 Å². The van der Waals surface area contributed by atoms with E-state index in [0.29, 0.717) is 12.4 Å². The first kappa shape index (κ1) is 16.4. The van der Waals surface area contributed by atoms with Gasteiger partial charge in [-0.05, 0) is 17.9 Å². The Morgan fingerprint density at radius 2 is 1.95 bits per heavy atom. The maximum atomic E-state index is 12.4. The maximum Gasteiger partial charge on any atom is 0.417 e. The van der Waals surface area contributed by atoms with E-state index < -0.39 is 11.7 Å². The summed E-state index contributed by atoms with van der Waals surface area (Å²) < 4.78 is 37.3.